The Morgan fingerprint density at radius 2 is 1.24 bits per heavy atom. The van der Waals surface area contributed by atoms with E-state index in [1.54, 1.807) is 0 Å². The standard InChI is InChI=1S/C10H20O5.C10H20.C9H15N3.C9H18O5.C9H21O3P.C9H18.C5H11Cl.C4H7ClN2O2/c1-5(2)4-6-7(11)8(12)9(13)10(14-3)15-6;1-8(2)10-6-4-9(3)5-7-10;1-6(2)4-8-5-11-9(10)12-7(8)3;1-4(2)6-8(12)7(11)5(3-10)14-9(6)13;1-6-11-13(10,12-7-2)9(5)8(3)4;1-8(2)9-6-4-3-5-7-9;1-5(2)3-4-6;1-4(8)7(6-9)3-2-5/h5-13H,4H2,1-3H3;8-10H,4-7H2,1-3H3;5-6H,4H2,1-3H3,(H2,10,11,12);4-13H,3H2,1-2H3;8-9H,6-7H2,1-5H3;8-9H,3-7H2,1-2H3;5H,3-4H2,1-2H3;2-3H2,1H3. The number of nitrogens with zero attached hydrogens (tertiary/aromatic N) is 4. The lowest BCUT2D eigenvalue weighted by molar-refractivity contribution is -0.291. The highest BCUT2D eigenvalue weighted by Crippen LogP contribution is 2.55. The molecule has 23 heteroatoms. The van der Waals surface area contributed by atoms with Crippen molar-refractivity contribution in [2.45, 2.75) is 276 Å². The molecule has 3 heterocycles. The number of aliphatic hydroxyl groups excluding tert-OH is 7. The van der Waals surface area contributed by atoms with Gasteiger partial charge >= 0.3 is 7.60 Å². The molecule has 0 spiro atoms. The van der Waals surface area contributed by atoms with Gasteiger partial charge in [0.05, 0.1) is 49.5 Å². The first-order valence-electron chi connectivity index (χ1n) is 32.7. The van der Waals surface area contributed by atoms with Crippen LogP contribution >= 0.6 is 30.8 Å². The van der Waals surface area contributed by atoms with Crippen molar-refractivity contribution in [1.82, 2.24) is 15.0 Å². The third-order valence-corrected chi connectivity index (χ3v) is 19.4. The Labute approximate surface area is 543 Å². The zero-order valence-corrected chi connectivity index (χ0v) is 60.8. The number of carbonyl (C=O) groups excluding carboxylic acids is 1. The number of ether oxygens (including phenoxy) is 3. The van der Waals surface area contributed by atoms with Crippen molar-refractivity contribution in [3.8, 4) is 0 Å². The third-order valence-electron chi connectivity index (χ3n) is 16.2. The number of nitrogens with two attached hydrogens (primary N) is 1. The molecule has 20 nitrogen and oxygen atoms in total. The van der Waals surface area contributed by atoms with Gasteiger partial charge in [-0.15, -0.1) is 28.1 Å². The molecule has 0 bridgehead atoms. The van der Waals surface area contributed by atoms with Crippen LogP contribution in [0.1, 0.15) is 213 Å². The van der Waals surface area contributed by atoms with Crippen molar-refractivity contribution in [2.75, 3.05) is 51.0 Å². The maximum Gasteiger partial charge on any atom is 0.333 e. The number of aromatic nitrogens is 2. The molecule has 2 aliphatic heterocycles. The predicted molar refractivity (Wildman–Crippen MR) is 358 cm³/mol. The molecular formula is C65H130Cl2N5O15P. The van der Waals surface area contributed by atoms with Crippen LogP contribution in [-0.2, 0) is 39.0 Å². The third kappa shape index (κ3) is 38.5. The zero-order chi connectivity index (χ0) is 68.6. The maximum atomic E-state index is 12.1. The molecule has 1 aromatic rings. The number of hydrogen-bond donors (Lipinski definition) is 8. The highest BCUT2D eigenvalue weighted by molar-refractivity contribution is 7.54. The molecule has 4 fully saturated rings. The van der Waals surface area contributed by atoms with Crippen molar-refractivity contribution >= 4 is 42.7 Å². The summed E-state index contributed by atoms with van der Waals surface area (Å²) in [5.41, 5.74) is 7.59. The number of alkyl halides is 2. The number of hydrogen-bond acceptors (Lipinski definition) is 19. The van der Waals surface area contributed by atoms with Crippen molar-refractivity contribution < 1.29 is 68.4 Å². The van der Waals surface area contributed by atoms with Gasteiger partial charge in [0.2, 0.25) is 11.9 Å². The highest BCUT2D eigenvalue weighted by atomic mass is 35.5. The Hall–Kier alpha value is -1.72. The molecule has 0 radical (unpaired) electrons. The summed E-state index contributed by atoms with van der Waals surface area (Å²) in [6.45, 7) is 41.6. The summed E-state index contributed by atoms with van der Waals surface area (Å²) in [5.74, 6) is 7.49. The van der Waals surface area contributed by atoms with Gasteiger partial charge in [-0.3, -0.25) is 9.36 Å². The zero-order valence-electron chi connectivity index (χ0n) is 58.4. The van der Waals surface area contributed by atoms with Crippen LogP contribution in [0.4, 0.5) is 5.95 Å². The lowest BCUT2D eigenvalue weighted by Gasteiger charge is -2.41. The molecule has 1 amide bonds. The molecule has 9 N–H and O–H groups in total. The number of nitroso groups, excluding NO2 is 1. The van der Waals surface area contributed by atoms with Crippen molar-refractivity contribution in [3.63, 3.8) is 0 Å². The minimum absolute atomic E-state index is 0.00528. The van der Waals surface area contributed by atoms with Crippen LogP contribution in [0.25, 0.3) is 0 Å². The first kappa shape index (κ1) is 90.5. The SMILES string of the molecule is CC(=O)N(CCCl)N=O.CC(C)C1C(O)OC(CO)C(O)C1O.CC(C)C1CCCCC1.CC(C)CCCl.CC1CCC(C(C)C)CC1.CCOP(=O)(OCC)C(C)C(C)C.COC1OC(CC(C)C)C(O)C(O)C1O.Cc1nc(N)ncc1CC(C)C. The molecule has 11 unspecified atom stereocenters. The second kappa shape index (κ2) is 50.7. The van der Waals surface area contributed by atoms with Gasteiger partial charge in [-0.05, 0) is 118 Å². The molecule has 5 rings (SSSR count). The summed E-state index contributed by atoms with van der Waals surface area (Å²) < 4.78 is 37.8. The van der Waals surface area contributed by atoms with Crippen LogP contribution in [0, 0.1) is 76.9 Å². The predicted octanol–water partition coefficient (Wildman–Crippen LogP) is 12.8. The Kier molecular flexibility index (Phi) is 52.2. The summed E-state index contributed by atoms with van der Waals surface area (Å²) in [6, 6.07) is 0. The molecule has 2 saturated heterocycles. The molecular weight excluding hydrogens is 1190 g/mol. The molecule has 2 saturated carbocycles. The van der Waals surface area contributed by atoms with Gasteiger partial charge < -0.3 is 64.7 Å². The van der Waals surface area contributed by atoms with Gasteiger partial charge in [-0.1, -0.05) is 156 Å². The Balaban J connectivity index is -0.000000949. The van der Waals surface area contributed by atoms with Crippen LogP contribution in [0.5, 0.6) is 0 Å². The van der Waals surface area contributed by atoms with E-state index in [9.17, 15) is 44.9 Å². The van der Waals surface area contributed by atoms with Crippen LogP contribution in [0.15, 0.2) is 11.5 Å². The average Bonchev–Trinajstić information content (AvgIpc) is 3.58. The van der Waals surface area contributed by atoms with Crippen LogP contribution in [-0.4, -0.2) is 163 Å². The maximum absolute atomic E-state index is 12.1. The normalized spacial score (nSPS) is 25.8. The summed E-state index contributed by atoms with van der Waals surface area (Å²) in [5, 5.41) is 69.5. The molecule has 11 atom stereocenters. The molecule has 524 valence electrons. The fourth-order valence-electron chi connectivity index (χ4n) is 10.1. The van der Waals surface area contributed by atoms with Gasteiger partial charge in [0.1, 0.15) is 30.5 Å². The van der Waals surface area contributed by atoms with E-state index in [1.165, 1.54) is 77.4 Å². The van der Waals surface area contributed by atoms with Crippen molar-refractivity contribution in [3.05, 3.63) is 22.4 Å². The minimum atomic E-state index is -2.87. The van der Waals surface area contributed by atoms with Crippen LogP contribution < -0.4 is 5.73 Å². The van der Waals surface area contributed by atoms with Gasteiger partial charge in [0.15, 0.2) is 12.6 Å². The second-order valence-corrected chi connectivity index (χ2v) is 29.6. The number of halogens is 2. The summed E-state index contributed by atoms with van der Waals surface area (Å²) in [7, 11) is -1.47. The van der Waals surface area contributed by atoms with Gasteiger partial charge in [-0.25, -0.2) is 9.97 Å². The van der Waals surface area contributed by atoms with Crippen molar-refractivity contribution in [2.24, 2.45) is 70.4 Å². The van der Waals surface area contributed by atoms with Crippen LogP contribution in [0.3, 0.4) is 0 Å². The lowest BCUT2D eigenvalue weighted by Crippen LogP contribution is -2.58. The quantitative estimate of drug-likeness (QED) is 0.0260. The lowest BCUT2D eigenvalue weighted by atomic mass is 9.78. The molecule has 88 heavy (non-hydrogen) atoms. The topological polar surface area (TPSA) is 306 Å². The van der Waals surface area contributed by atoms with Gasteiger partial charge in [-0.2, -0.15) is 5.01 Å². The Morgan fingerprint density at radius 1 is 0.727 bits per heavy atom. The van der Waals surface area contributed by atoms with E-state index in [4.69, 9.17) is 57.3 Å². The number of amides is 1. The first-order valence-corrected chi connectivity index (χ1v) is 35.4. The van der Waals surface area contributed by atoms with Gasteiger partial charge in [0.25, 0.3) is 0 Å². The van der Waals surface area contributed by atoms with Crippen LogP contribution in [0.2, 0.25) is 0 Å². The largest absolute Gasteiger partial charge is 0.394 e. The smallest absolute Gasteiger partial charge is 0.333 e. The van der Waals surface area contributed by atoms with E-state index in [-0.39, 0.29) is 29.9 Å². The fraction of sp³-hybridized carbons (Fsp3) is 0.923. The molecule has 0 aromatic carbocycles. The Bertz CT molecular complexity index is 1910. The number of aliphatic hydroxyl groups is 7. The molecule has 2 aliphatic carbocycles. The number of aryl methyl sites for hydroxylation is 1. The number of anilines is 1. The van der Waals surface area contributed by atoms with Gasteiger partial charge in [0, 0.05) is 43.6 Å². The van der Waals surface area contributed by atoms with E-state index >= 15 is 0 Å². The number of nitrogen functional groups attached to an aromatic ring is 1. The number of rotatable bonds is 20. The first-order chi connectivity index (χ1) is 41.0. The van der Waals surface area contributed by atoms with E-state index in [0.717, 1.165) is 64.9 Å². The monoisotopic (exact) mass is 1320 g/mol. The minimum Gasteiger partial charge on any atom is -0.394 e. The highest BCUT2D eigenvalue weighted by Gasteiger charge is 2.45. The summed E-state index contributed by atoms with van der Waals surface area (Å²) in [4.78, 5) is 28.1. The molecule has 1 aromatic heterocycles. The van der Waals surface area contributed by atoms with E-state index in [2.05, 4.69) is 77.6 Å². The Morgan fingerprint density at radius 3 is 1.58 bits per heavy atom. The fourth-order valence-corrected chi connectivity index (χ4v) is 12.7. The van der Waals surface area contributed by atoms with E-state index < -0.39 is 75.4 Å². The number of methoxy groups -OCH3 is 1. The second-order valence-electron chi connectivity index (χ2n) is 26.4. The number of carbonyl (C=O) groups is 1. The summed E-state index contributed by atoms with van der Waals surface area (Å²) >= 11 is 10.6. The van der Waals surface area contributed by atoms with Crippen molar-refractivity contribution in [1.29, 1.82) is 0 Å². The average molecular weight is 1320 g/mol. The van der Waals surface area contributed by atoms with E-state index in [0.29, 0.717) is 43.3 Å². The molecule has 4 aliphatic rings. The van der Waals surface area contributed by atoms with E-state index in [1.807, 2.05) is 75.4 Å². The summed E-state index contributed by atoms with van der Waals surface area (Å²) in [6.07, 6.45) is 8.89.